The van der Waals surface area contributed by atoms with Crippen LogP contribution in [0.3, 0.4) is 0 Å². The van der Waals surface area contributed by atoms with E-state index in [4.69, 9.17) is 16.6 Å². The zero-order chi connectivity index (χ0) is 19.6. The summed E-state index contributed by atoms with van der Waals surface area (Å²) < 4.78 is 34.7. The van der Waals surface area contributed by atoms with Crippen molar-refractivity contribution in [2.45, 2.75) is 65.2 Å². The average molecular weight is 400 g/mol. The summed E-state index contributed by atoms with van der Waals surface area (Å²) in [6.07, 6.45) is 0. The highest BCUT2D eigenvalue weighted by atomic mass is 32.2. The molecule has 6 nitrogen and oxygen atoms in total. The molecule has 0 saturated heterocycles. The Morgan fingerprint density at radius 1 is 1.12 bits per heavy atom. The molecule has 146 valence electrons. The van der Waals surface area contributed by atoms with Gasteiger partial charge in [-0.25, -0.2) is 8.42 Å². The minimum absolute atomic E-state index is 0.263. The first-order chi connectivity index (χ1) is 12.1. The third kappa shape index (κ3) is 4.03. The van der Waals surface area contributed by atoms with E-state index in [1.165, 1.54) is 4.31 Å². The van der Waals surface area contributed by atoms with Crippen LogP contribution in [0.15, 0.2) is 27.5 Å². The molecule has 1 aromatic carbocycles. The van der Waals surface area contributed by atoms with Crippen molar-refractivity contribution >= 4 is 33.3 Å². The molecule has 0 aliphatic heterocycles. The van der Waals surface area contributed by atoms with E-state index in [1.54, 1.807) is 18.2 Å². The Kier molecular flexibility index (Phi) is 6.65. The van der Waals surface area contributed by atoms with Crippen molar-refractivity contribution in [3.63, 3.8) is 0 Å². The molecule has 0 bridgehead atoms. The van der Waals surface area contributed by atoms with Gasteiger partial charge in [-0.15, -0.1) is 0 Å². The zero-order valence-corrected chi connectivity index (χ0v) is 18.0. The van der Waals surface area contributed by atoms with Gasteiger partial charge in [0.05, 0.1) is 17.1 Å². The summed E-state index contributed by atoms with van der Waals surface area (Å²) in [4.78, 5) is 2.89. The lowest BCUT2D eigenvalue weighted by atomic mass is 10.2. The predicted molar refractivity (Wildman–Crippen MR) is 107 cm³/mol. The predicted octanol–water partition coefficient (Wildman–Crippen LogP) is 4.07. The van der Waals surface area contributed by atoms with Crippen molar-refractivity contribution < 1.29 is 12.8 Å². The Bertz CT molecular complexity index is 901. The number of oxazole rings is 1. The monoisotopic (exact) mass is 399 g/mol. The molecule has 2 rings (SSSR count). The van der Waals surface area contributed by atoms with Crippen molar-refractivity contribution in [2.24, 2.45) is 0 Å². The molecule has 2 aromatic rings. The lowest BCUT2D eigenvalue weighted by molar-refractivity contribution is 0.130. The summed E-state index contributed by atoms with van der Waals surface area (Å²) in [5, 5.41) is 0. The van der Waals surface area contributed by atoms with E-state index in [0.717, 1.165) is 0 Å². The normalized spacial score (nSPS) is 13.0. The summed E-state index contributed by atoms with van der Waals surface area (Å²) in [5.74, 6) is 0. The highest BCUT2D eigenvalue weighted by Crippen LogP contribution is 2.25. The largest absolute Gasteiger partial charge is 0.429 e. The first-order valence-corrected chi connectivity index (χ1v) is 10.9. The van der Waals surface area contributed by atoms with Gasteiger partial charge in [0.25, 0.3) is 4.84 Å². The number of hydrogen-bond donors (Lipinski definition) is 0. The maximum absolute atomic E-state index is 12.8. The second-order valence-electron chi connectivity index (χ2n) is 6.86. The number of fused-ring (bicyclic) bond motifs is 1. The summed E-state index contributed by atoms with van der Waals surface area (Å²) >= 11 is 5.39. The maximum atomic E-state index is 12.8. The van der Waals surface area contributed by atoms with Crippen LogP contribution in [0.5, 0.6) is 0 Å². The molecule has 0 spiro atoms. The smallest absolute Gasteiger partial charge is 0.270 e. The van der Waals surface area contributed by atoms with Crippen molar-refractivity contribution in [3.05, 3.63) is 23.0 Å². The number of benzene rings is 1. The minimum atomic E-state index is -3.53. The van der Waals surface area contributed by atoms with Gasteiger partial charge in [-0.2, -0.15) is 4.31 Å². The van der Waals surface area contributed by atoms with E-state index < -0.39 is 10.0 Å². The molecule has 1 aromatic heterocycles. The molecular weight excluding hydrogens is 370 g/mol. The van der Waals surface area contributed by atoms with E-state index in [1.807, 2.05) is 18.4 Å². The van der Waals surface area contributed by atoms with Crippen LogP contribution in [0, 0.1) is 4.84 Å². The first kappa shape index (κ1) is 21.1. The molecule has 0 aliphatic carbocycles. The molecule has 0 fully saturated rings. The molecule has 0 unspecified atom stereocenters. The van der Waals surface area contributed by atoms with Crippen LogP contribution >= 0.6 is 12.2 Å². The van der Waals surface area contributed by atoms with Gasteiger partial charge in [0.2, 0.25) is 10.0 Å². The van der Waals surface area contributed by atoms with Crippen LogP contribution in [-0.2, 0) is 16.7 Å². The summed E-state index contributed by atoms with van der Waals surface area (Å²) in [7, 11) is -3.53. The quantitative estimate of drug-likeness (QED) is 0.626. The molecule has 0 aliphatic rings. The zero-order valence-electron chi connectivity index (χ0n) is 16.4. The second kappa shape index (κ2) is 8.21. The van der Waals surface area contributed by atoms with E-state index in [-0.39, 0.29) is 4.90 Å². The highest BCUT2D eigenvalue weighted by Gasteiger charge is 2.23. The van der Waals surface area contributed by atoms with E-state index in [9.17, 15) is 8.42 Å². The fourth-order valence-electron chi connectivity index (χ4n) is 3.14. The van der Waals surface area contributed by atoms with E-state index in [2.05, 4.69) is 32.6 Å². The highest BCUT2D eigenvalue weighted by molar-refractivity contribution is 7.89. The number of aromatic nitrogens is 1. The number of hydrogen-bond acceptors (Lipinski definition) is 5. The number of nitrogens with zero attached hydrogens (tertiary/aromatic N) is 3. The Hall–Kier alpha value is -1.22. The van der Waals surface area contributed by atoms with Gasteiger partial charge in [-0.3, -0.25) is 9.47 Å². The van der Waals surface area contributed by atoms with Gasteiger partial charge in [0.1, 0.15) is 0 Å². The van der Waals surface area contributed by atoms with Crippen molar-refractivity contribution in [1.29, 1.82) is 0 Å². The fraction of sp³-hybridized carbons (Fsp3) is 0.611. The van der Waals surface area contributed by atoms with Crippen LogP contribution < -0.4 is 0 Å². The molecule has 0 atom stereocenters. The SMILES string of the molecule is CCN(CC)S(=O)(=O)c1ccc2oc(=S)n(CN(C(C)C)C(C)C)c2c1. The molecule has 1 heterocycles. The molecular formula is C18H29N3O3S2. The molecule has 8 heteroatoms. The minimum Gasteiger partial charge on any atom is -0.429 e. The van der Waals surface area contributed by atoms with Crippen LogP contribution in [0.25, 0.3) is 11.1 Å². The first-order valence-electron chi connectivity index (χ1n) is 9.02. The Balaban J connectivity index is 2.57. The van der Waals surface area contributed by atoms with Gasteiger partial charge >= 0.3 is 0 Å². The summed E-state index contributed by atoms with van der Waals surface area (Å²) in [6, 6.07) is 5.59. The number of sulfonamides is 1. The van der Waals surface area contributed by atoms with Gasteiger partial charge in [0, 0.05) is 25.2 Å². The van der Waals surface area contributed by atoms with E-state index >= 15 is 0 Å². The van der Waals surface area contributed by atoms with Crippen LogP contribution in [0.4, 0.5) is 0 Å². The molecule has 0 N–H and O–H groups in total. The van der Waals surface area contributed by atoms with E-state index in [0.29, 0.717) is 47.8 Å². The maximum Gasteiger partial charge on any atom is 0.270 e. The molecule has 0 radical (unpaired) electrons. The van der Waals surface area contributed by atoms with Crippen molar-refractivity contribution in [1.82, 2.24) is 13.8 Å². The Morgan fingerprint density at radius 2 is 1.69 bits per heavy atom. The average Bonchev–Trinajstić information content (AvgIpc) is 2.87. The standard InChI is InChI=1S/C18H29N3O3S2/c1-7-19(8-2)26(22,23)15-9-10-17-16(11-15)21(18(25)24-17)12-20(13(3)4)14(5)6/h9-11,13-14H,7-8,12H2,1-6H3. The lowest BCUT2D eigenvalue weighted by Crippen LogP contribution is -2.38. The van der Waals surface area contributed by atoms with Crippen LogP contribution in [0.1, 0.15) is 41.5 Å². The third-order valence-corrected chi connectivity index (χ3v) is 6.96. The van der Waals surface area contributed by atoms with Gasteiger partial charge in [-0.1, -0.05) is 13.8 Å². The lowest BCUT2D eigenvalue weighted by Gasteiger charge is -2.30. The van der Waals surface area contributed by atoms with Crippen molar-refractivity contribution in [2.75, 3.05) is 13.1 Å². The Morgan fingerprint density at radius 3 is 2.19 bits per heavy atom. The van der Waals surface area contributed by atoms with Crippen molar-refractivity contribution in [3.8, 4) is 0 Å². The Labute approximate surface area is 161 Å². The molecule has 0 amide bonds. The second-order valence-corrected chi connectivity index (χ2v) is 9.15. The summed E-state index contributed by atoms with van der Waals surface area (Å²) in [5.41, 5.74) is 1.30. The number of rotatable bonds is 8. The van der Waals surface area contributed by atoms with Gasteiger partial charge in [-0.05, 0) is 58.1 Å². The van der Waals surface area contributed by atoms with Crippen LogP contribution in [-0.4, -0.2) is 47.4 Å². The van der Waals surface area contributed by atoms with Crippen LogP contribution in [0.2, 0.25) is 0 Å². The third-order valence-electron chi connectivity index (χ3n) is 4.61. The molecule has 0 saturated carbocycles. The fourth-order valence-corrected chi connectivity index (χ4v) is 4.86. The molecule has 26 heavy (non-hydrogen) atoms. The van der Waals surface area contributed by atoms with Gasteiger partial charge in [0.15, 0.2) is 5.58 Å². The topological polar surface area (TPSA) is 58.7 Å². The summed E-state index contributed by atoms with van der Waals surface area (Å²) in [6.45, 7) is 13.6. The van der Waals surface area contributed by atoms with Gasteiger partial charge < -0.3 is 4.42 Å².